The molecule has 1 fully saturated rings. The van der Waals surface area contributed by atoms with E-state index in [9.17, 15) is 14.7 Å². The van der Waals surface area contributed by atoms with Crippen LogP contribution in [0, 0.1) is 0 Å². The Morgan fingerprint density at radius 2 is 2.06 bits per heavy atom. The highest BCUT2D eigenvalue weighted by Crippen LogP contribution is 2.33. The minimum absolute atomic E-state index is 0.101. The van der Waals surface area contributed by atoms with Crippen molar-refractivity contribution in [2.24, 2.45) is 0 Å². The predicted octanol–water partition coefficient (Wildman–Crippen LogP) is 2.39. The van der Waals surface area contributed by atoms with Gasteiger partial charge in [0.25, 0.3) is 0 Å². The molecule has 1 atom stereocenters. The van der Waals surface area contributed by atoms with Crippen LogP contribution in [0.1, 0.15) is 38.2 Å². The van der Waals surface area contributed by atoms with E-state index in [2.05, 4.69) is 0 Å². The lowest BCUT2D eigenvalue weighted by atomic mass is 10.00. The number of carboxylic acid groups (broad SMARTS) is 1. The van der Waals surface area contributed by atoms with E-state index in [1.165, 1.54) is 4.90 Å². The second kappa shape index (κ2) is 4.80. The Morgan fingerprint density at radius 3 is 2.67 bits per heavy atom. The van der Waals surface area contributed by atoms with E-state index in [1.807, 2.05) is 38.1 Å². The Balaban J connectivity index is 2.46. The molecular formula is C14H17NO3. The monoisotopic (exact) mass is 247 g/mol. The molecule has 0 bridgehead atoms. The van der Waals surface area contributed by atoms with Crippen LogP contribution < -0.4 is 4.90 Å². The molecule has 1 unspecified atom stereocenters. The van der Waals surface area contributed by atoms with Gasteiger partial charge in [-0.25, -0.2) is 4.79 Å². The van der Waals surface area contributed by atoms with E-state index < -0.39 is 12.0 Å². The molecule has 2 rings (SSSR count). The summed E-state index contributed by atoms with van der Waals surface area (Å²) in [6, 6.07) is 6.80. The minimum Gasteiger partial charge on any atom is -0.480 e. The van der Waals surface area contributed by atoms with Gasteiger partial charge < -0.3 is 5.11 Å². The number of aliphatic carboxylic acids is 1. The third kappa shape index (κ3) is 2.10. The summed E-state index contributed by atoms with van der Waals surface area (Å²) in [5, 5.41) is 9.20. The first-order valence-corrected chi connectivity index (χ1v) is 6.16. The molecule has 0 spiro atoms. The SMILES string of the molecule is CC(C)c1ccccc1N1C(=O)CCC1C(=O)O. The summed E-state index contributed by atoms with van der Waals surface area (Å²) in [5.74, 6) is -0.779. The number of carbonyl (C=O) groups is 2. The number of hydrogen-bond acceptors (Lipinski definition) is 2. The van der Waals surface area contributed by atoms with Crippen LogP contribution in [0.15, 0.2) is 24.3 Å². The van der Waals surface area contributed by atoms with Crippen molar-refractivity contribution < 1.29 is 14.7 Å². The molecule has 1 amide bonds. The summed E-state index contributed by atoms with van der Waals surface area (Å²) >= 11 is 0. The molecule has 1 aliphatic rings. The molecule has 1 N–H and O–H groups in total. The number of carboxylic acids is 1. The molecule has 1 aromatic rings. The quantitative estimate of drug-likeness (QED) is 0.892. The fourth-order valence-corrected chi connectivity index (χ4v) is 2.41. The zero-order valence-corrected chi connectivity index (χ0v) is 10.6. The van der Waals surface area contributed by atoms with Crippen molar-refractivity contribution in [3.05, 3.63) is 29.8 Å². The first-order valence-electron chi connectivity index (χ1n) is 6.16. The van der Waals surface area contributed by atoms with Crippen molar-refractivity contribution in [2.75, 3.05) is 4.90 Å². The first kappa shape index (κ1) is 12.6. The predicted molar refractivity (Wildman–Crippen MR) is 68.7 cm³/mol. The number of benzene rings is 1. The molecule has 0 aromatic heterocycles. The van der Waals surface area contributed by atoms with Gasteiger partial charge in [0, 0.05) is 12.1 Å². The van der Waals surface area contributed by atoms with Crippen LogP contribution in [-0.4, -0.2) is 23.0 Å². The summed E-state index contributed by atoms with van der Waals surface area (Å²) in [6.45, 7) is 4.07. The van der Waals surface area contributed by atoms with Crippen molar-refractivity contribution in [1.82, 2.24) is 0 Å². The summed E-state index contributed by atoms with van der Waals surface area (Å²) < 4.78 is 0. The molecule has 0 aliphatic carbocycles. The molecule has 1 aromatic carbocycles. The number of amides is 1. The highest BCUT2D eigenvalue weighted by molar-refractivity contribution is 6.02. The largest absolute Gasteiger partial charge is 0.480 e. The normalized spacial score (nSPS) is 19.6. The van der Waals surface area contributed by atoms with E-state index in [-0.39, 0.29) is 11.8 Å². The number of carbonyl (C=O) groups excluding carboxylic acids is 1. The van der Waals surface area contributed by atoms with Gasteiger partial charge in [-0.05, 0) is 24.0 Å². The molecule has 1 aliphatic heterocycles. The number of para-hydroxylation sites is 1. The van der Waals surface area contributed by atoms with E-state index in [1.54, 1.807) is 0 Å². The molecule has 1 saturated heterocycles. The lowest BCUT2D eigenvalue weighted by Gasteiger charge is -2.25. The van der Waals surface area contributed by atoms with Crippen molar-refractivity contribution in [3.63, 3.8) is 0 Å². The van der Waals surface area contributed by atoms with E-state index in [0.29, 0.717) is 12.8 Å². The number of anilines is 1. The molecule has 4 heteroatoms. The zero-order valence-electron chi connectivity index (χ0n) is 10.6. The maximum Gasteiger partial charge on any atom is 0.326 e. The molecular weight excluding hydrogens is 230 g/mol. The van der Waals surface area contributed by atoms with Crippen molar-refractivity contribution in [1.29, 1.82) is 0 Å². The summed E-state index contributed by atoms with van der Waals surface area (Å²) in [7, 11) is 0. The third-order valence-corrected chi connectivity index (χ3v) is 3.32. The molecule has 0 radical (unpaired) electrons. The van der Waals surface area contributed by atoms with Gasteiger partial charge in [0.1, 0.15) is 6.04 Å². The molecule has 96 valence electrons. The van der Waals surface area contributed by atoms with Gasteiger partial charge in [-0.1, -0.05) is 32.0 Å². The Kier molecular flexibility index (Phi) is 3.36. The Labute approximate surface area is 106 Å². The summed E-state index contributed by atoms with van der Waals surface area (Å²) in [5.41, 5.74) is 1.75. The summed E-state index contributed by atoms with van der Waals surface area (Å²) in [6.07, 6.45) is 0.698. The van der Waals surface area contributed by atoms with Gasteiger partial charge in [-0.3, -0.25) is 9.69 Å². The first-order chi connectivity index (χ1) is 8.52. The maximum absolute atomic E-state index is 11.9. The maximum atomic E-state index is 11.9. The topological polar surface area (TPSA) is 57.6 Å². The number of hydrogen-bond donors (Lipinski definition) is 1. The second-order valence-corrected chi connectivity index (χ2v) is 4.87. The molecule has 18 heavy (non-hydrogen) atoms. The van der Waals surface area contributed by atoms with Crippen LogP contribution in [0.4, 0.5) is 5.69 Å². The Bertz CT molecular complexity index is 482. The van der Waals surface area contributed by atoms with Gasteiger partial charge in [-0.15, -0.1) is 0 Å². The average molecular weight is 247 g/mol. The van der Waals surface area contributed by atoms with Crippen LogP contribution >= 0.6 is 0 Å². The number of rotatable bonds is 3. The van der Waals surface area contributed by atoms with Gasteiger partial charge >= 0.3 is 5.97 Å². The summed E-state index contributed by atoms with van der Waals surface area (Å²) in [4.78, 5) is 24.6. The van der Waals surface area contributed by atoms with Crippen molar-refractivity contribution in [3.8, 4) is 0 Å². The lowest BCUT2D eigenvalue weighted by Crippen LogP contribution is -2.39. The average Bonchev–Trinajstić information content (AvgIpc) is 2.71. The number of nitrogens with zero attached hydrogens (tertiary/aromatic N) is 1. The Morgan fingerprint density at radius 1 is 1.39 bits per heavy atom. The fourth-order valence-electron chi connectivity index (χ4n) is 2.41. The van der Waals surface area contributed by atoms with Gasteiger partial charge in [0.15, 0.2) is 0 Å². The van der Waals surface area contributed by atoms with E-state index in [0.717, 1.165) is 11.3 Å². The van der Waals surface area contributed by atoms with Crippen LogP contribution in [0.3, 0.4) is 0 Å². The second-order valence-electron chi connectivity index (χ2n) is 4.87. The van der Waals surface area contributed by atoms with Crippen molar-refractivity contribution in [2.45, 2.75) is 38.6 Å². The van der Waals surface area contributed by atoms with E-state index >= 15 is 0 Å². The third-order valence-electron chi connectivity index (χ3n) is 3.32. The Hall–Kier alpha value is -1.84. The van der Waals surface area contributed by atoms with Crippen LogP contribution in [0.2, 0.25) is 0 Å². The standard InChI is InChI=1S/C14H17NO3/c1-9(2)10-5-3-4-6-11(10)15-12(14(17)18)7-8-13(15)16/h3-6,9,12H,7-8H2,1-2H3,(H,17,18). The smallest absolute Gasteiger partial charge is 0.326 e. The molecule has 4 nitrogen and oxygen atoms in total. The van der Waals surface area contributed by atoms with Crippen LogP contribution in [0.25, 0.3) is 0 Å². The molecule has 0 saturated carbocycles. The molecule has 1 heterocycles. The van der Waals surface area contributed by atoms with Gasteiger partial charge in [0.2, 0.25) is 5.91 Å². The highest BCUT2D eigenvalue weighted by atomic mass is 16.4. The van der Waals surface area contributed by atoms with Crippen LogP contribution in [0.5, 0.6) is 0 Å². The van der Waals surface area contributed by atoms with Gasteiger partial charge in [-0.2, -0.15) is 0 Å². The lowest BCUT2D eigenvalue weighted by molar-refractivity contribution is -0.138. The van der Waals surface area contributed by atoms with E-state index in [4.69, 9.17) is 0 Å². The van der Waals surface area contributed by atoms with Gasteiger partial charge in [0.05, 0.1) is 0 Å². The minimum atomic E-state index is -0.931. The fraction of sp³-hybridized carbons (Fsp3) is 0.429. The zero-order chi connectivity index (χ0) is 13.3. The highest BCUT2D eigenvalue weighted by Gasteiger charge is 2.38. The van der Waals surface area contributed by atoms with Crippen molar-refractivity contribution >= 4 is 17.6 Å². The van der Waals surface area contributed by atoms with Crippen LogP contribution in [-0.2, 0) is 9.59 Å².